The Kier molecular flexibility index (Phi) is 6.68. The van der Waals surface area contributed by atoms with E-state index in [0.29, 0.717) is 0 Å². The molecule has 0 saturated carbocycles. The summed E-state index contributed by atoms with van der Waals surface area (Å²) in [5, 5.41) is 5.93. The summed E-state index contributed by atoms with van der Waals surface area (Å²) in [7, 11) is 6.24. The molecule has 0 bridgehead atoms. The van der Waals surface area contributed by atoms with Crippen molar-refractivity contribution in [1.29, 1.82) is 0 Å². The fourth-order valence-corrected chi connectivity index (χ4v) is 3.84. The lowest BCUT2D eigenvalue weighted by Gasteiger charge is -2.13. The van der Waals surface area contributed by atoms with Crippen LogP contribution in [0.2, 0.25) is 0 Å². The van der Waals surface area contributed by atoms with Gasteiger partial charge in [-0.15, -0.1) is 0 Å². The molecule has 1 heterocycles. The van der Waals surface area contributed by atoms with Crippen LogP contribution in [-0.4, -0.2) is 21.1 Å². The molecule has 0 atom stereocenters. The van der Waals surface area contributed by atoms with Gasteiger partial charge in [0, 0.05) is 55.7 Å². The third-order valence-corrected chi connectivity index (χ3v) is 5.38. The van der Waals surface area contributed by atoms with E-state index in [0.717, 1.165) is 13.1 Å². The molecule has 3 heteroatoms. The fraction of sp³-hybridized carbons (Fsp3) is 0.458. The molecule has 0 fully saturated rings. The van der Waals surface area contributed by atoms with Gasteiger partial charge in [-0.2, -0.15) is 4.57 Å². The number of aromatic nitrogens is 1. The fourth-order valence-electron chi connectivity index (χ4n) is 3.84. The molecule has 3 rings (SSSR count). The second kappa shape index (κ2) is 9.18. The maximum Gasteiger partial charge on any atom is 0.215 e. The Balaban J connectivity index is 2.08. The highest BCUT2D eigenvalue weighted by Gasteiger charge is 2.16. The number of benzene rings is 2. The predicted octanol–water partition coefficient (Wildman–Crippen LogP) is 5.04. The number of aryl methyl sites for hydroxylation is 1. The first-order chi connectivity index (χ1) is 13.1. The number of hydrogen-bond acceptors (Lipinski definition) is 2. The molecule has 144 valence electrons. The van der Waals surface area contributed by atoms with Crippen LogP contribution in [0.25, 0.3) is 21.8 Å². The van der Waals surface area contributed by atoms with E-state index in [9.17, 15) is 0 Å². The van der Waals surface area contributed by atoms with E-state index < -0.39 is 0 Å². The van der Waals surface area contributed by atoms with Gasteiger partial charge < -0.3 is 10.2 Å². The van der Waals surface area contributed by atoms with E-state index in [1.54, 1.807) is 0 Å². The minimum absolute atomic E-state index is 0.905. The van der Waals surface area contributed by atoms with E-state index in [1.807, 2.05) is 7.05 Å². The third-order valence-electron chi connectivity index (χ3n) is 5.38. The highest BCUT2D eigenvalue weighted by atomic mass is 15.1. The van der Waals surface area contributed by atoms with Crippen molar-refractivity contribution in [3.05, 3.63) is 48.0 Å². The molecular weight excluding hydrogens is 330 g/mol. The highest BCUT2D eigenvalue weighted by Crippen LogP contribution is 2.24. The van der Waals surface area contributed by atoms with Crippen molar-refractivity contribution < 1.29 is 4.57 Å². The summed E-state index contributed by atoms with van der Waals surface area (Å²) in [6.45, 7) is 4.26. The van der Waals surface area contributed by atoms with Crippen LogP contribution in [0, 0.1) is 0 Å². The van der Waals surface area contributed by atoms with E-state index in [2.05, 4.69) is 78.3 Å². The Morgan fingerprint density at radius 2 is 1.56 bits per heavy atom. The molecule has 27 heavy (non-hydrogen) atoms. The maximum absolute atomic E-state index is 3.28. The van der Waals surface area contributed by atoms with Crippen molar-refractivity contribution in [3.8, 4) is 0 Å². The lowest BCUT2D eigenvalue weighted by Crippen LogP contribution is -2.36. The lowest BCUT2D eigenvalue weighted by atomic mass is 10.1. The van der Waals surface area contributed by atoms with E-state index >= 15 is 0 Å². The van der Waals surface area contributed by atoms with E-state index in [-0.39, 0.29) is 0 Å². The van der Waals surface area contributed by atoms with Gasteiger partial charge in [-0.3, -0.25) is 0 Å². The molecule has 2 aromatic carbocycles. The van der Waals surface area contributed by atoms with E-state index in [1.165, 1.54) is 65.2 Å². The summed E-state index contributed by atoms with van der Waals surface area (Å²) in [5.74, 6) is 0. The minimum Gasteiger partial charge on any atom is -0.377 e. The summed E-state index contributed by atoms with van der Waals surface area (Å²) >= 11 is 0. The molecule has 1 aromatic heterocycles. The molecule has 0 radical (unpaired) electrons. The minimum atomic E-state index is 0.905. The molecule has 3 aromatic rings. The Hall–Kier alpha value is -2.13. The largest absolute Gasteiger partial charge is 0.377 e. The Morgan fingerprint density at radius 3 is 2.26 bits per heavy atom. The number of nitrogens with zero attached hydrogens (tertiary/aromatic N) is 2. The van der Waals surface area contributed by atoms with Crippen molar-refractivity contribution in [2.24, 2.45) is 0 Å². The number of fused-ring (bicyclic) bond motifs is 2. The second-order valence-electron chi connectivity index (χ2n) is 7.77. The Bertz CT molecular complexity index is 899. The van der Waals surface area contributed by atoms with Gasteiger partial charge >= 0.3 is 0 Å². The van der Waals surface area contributed by atoms with Gasteiger partial charge in [0.15, 0.2) is 0 Å². The number of unbranched alkanes of at least 4 members (excludes halogenated alkanes) is 4. The summed E-state index contributed by atoms with van der Waals surface area (Å²) in [6.07, 6.45) is 6.53. The van der Waals surface area contributed by atoms with Crippen LogP contribution < -0.4 is 14.8 Å². The normalized spacial score (nSPS) is 11.4. The third kappa shape index (κ3) is 4.59. The van der Waals surface area contributed by atoms with Crippen LogP contribution in [0.5, 0.6) is 0 Å². The van der Waals surface area contributed by atoms with Crippen molar-refractivity contribution in [3.63, 3.8) is 0 Å². The molecular formula is C24H34N3+. The summed E-state index contributed by atoms with van der Waals surface area (Å²) in [4.78, 5) is 2.19. The first kappa shape index (κ1) is 19.6. The number of nitrogens with one attached hydrogen (secondary N) is 1. The standard InChI is InChI=1S/C24H34N3/c1-5-6-7-8-9-14-27-23-15-19(18-25-2)10-11-20(23)16-21-12-13-22(26(3)4)17-24(21)27/h10-13,15-17,25H,5-9,14,18H2,1-4H3/q+1. The van der Waals surface area contributed by atoms with Gasteiger partial charge in [-0.1, -0.05) is 32.3 Å². The quantitative estimate of drug-likeness (QED) is 0.326. The molecule has 1 N–H and O–H groups in total. The summed E-state index contributed by atoms with van der Waals surface area (Å²) in [6, 6.07) is 16.0. The molecule has 3 nitrogen and oxygen atoms in total. The Labute approximate surface area is 164 Å². The zero-order valence-electron chi connectivity index (χ0n) is 17.4. The lowest BCUT2D eigenvalue weighted by molar-refractivity contribution is -0.645. The van der Waals surface area contributed by atoms with Crippen LogP contribution in [0.3, 0.4) is 0 Å². The van der Waals surface area contributed by atoms with Crippen LogP contribution in [0.4, 0.5) is 5.69 Å². The van der Waals surface area contributed by atoms with Crippen molar-refractivity contribution >= 4 is 27.5 Å². The maximum atomic E-state index is 3.28. The molecule has 0 unspecified atom stereocenters. The topological polar surface area (TPSA) is 19.1 Å². The van der Waals surface area contributed by atoms with Gasteiger partial charge in [-0.05, 0) is 43.3 Å². The zero-order valence-corrected chi connectivity index (χ0v) is 17.4. The van der Waals surface area contributed by atoms with Crippen LogP contribution in [0.1, 0.15) is 44.6 Å². The van der Waals surface area contributed by atoms with Gasteiger partial charge in [0.25, 0.3) is 0 Å². The second-order valence-corrected chi connectivity index (χ2v) is 7.77. The average Bonchev–Trinajstić information content (AvgIpc) is 2.67. The molecule has 0 spiro atoms. The summed E-state index contributed by atoms with van der Waals surface area (Å²) < 4.78 is 2.54. The highest BCUT2D eigenvalue weighted by molar-refractivity contribution is 5.90. The van der Waals surface area contributed by atoms with Gasteiger partial charge in [0.05, 0.1) is 0 Å². The number of anilines is 1. The molecule has 0 amide bonds. The first-order valence-corrected chi connectivity index (χ1v) is 10.3. The number of hydrogen-bond donors (Lipinski definition) is 1. The van der Waals surface area contributed by atoms with Gasteiger partial charge in [-0.25, -0.2) is 0 Å². The van der Waals surface area contributed by atoms with Crippen LogP contribution in [0.15, 0.2) is 42.5 Å². The molecule has 0 aliphatic heterocycles. The first-order valence-electron chi connectivity index (χ1n) is 10.3. The number of rotatable bonds is 9. The van der Waals surface area contributed by atoms with E-state index in [4.69, 9.17) is 0 Å². The van der Waals surface area contributed by atoms with Gasteiger partial charge in [0.2, 0.25) is 11.0 Å². The predicted molar refractivity (Wildman–Crippen MR) is 117 cm³/mol. The zero-order chi connectivity index (χ0) is 19.2. The molecule has 0 aliphatic rings. The van der Waals surface area contributed by atoms with Crippen LogP contribution >= 0.6 is 0 Å². The average molecular weight is 365 g/mol. The number of pyridine rings is 1. The van der Waals surface area contributed by atoms with Gasteiger partial charge in [0.1, 0.15) is 6.54 Å². The van der Waals surface area contributed by atoms with Crippen molar-refractivity contribution in [2.75, 3.05) is 26.0 Å². The smallest absolute Gasteiger partial charge is 0.215 e. The van der Waals surface area contributed by atoms with Crippen molar-refractivity contribution in [2.45, 2.75) is 52.1 Å². The Morgan fingerprint density at radius 1 is 0.852 bits per heavy atom. The SMILES string of the molecule is CCCCCCC[n+]1c2cc(CNC)ccc2cc2ccc(N(C)C)cc21. The monoisotopic (exact) mass is 364 g/mol. The summed E-state index contributed by atoms with van der Waals surface area (Å²) in [5.41, 5.74) is 5.29. The molecule has 0 aliphatic carbocycles. The molecule has 0 saturated heterocycles. The van der Waals surface area contributed by atoms with Crippen molar-refractivity contribution in [1.82, 2.24) is 5.32 Å². The van der Waals surface area contributed by atoms with Crippen LogP contribution in [-0.2, 0) is 13.1 Å².